The zero-order chi connectivity index (χ0) is 13.2. The molecule has 1 aromatic rings. The predicted molar refractivity (Wildman–Crippen MR) is 74.3 cm³/mol. The second kappa shape index (κ2) is 5.41. The molecule has 1 aromatic heterocycles. The van der Waals surface area contributed by atoms with E-state index < -0.39 is 0 Å². The summed E-state index contributed by atoms with van der Waals surface area (Å²) in [5.41, 5.74) is 7.02. The fourth-order valence-corrected chi connectivity index (χ4v) is 2.77. The first-order valence-corrected chi connectivity index (χ1v) is 7.02. The smallest absolute Gasteiger partial charge is 0.0948 e. The van der Waals surface area contributed by atoms with Crippen molar-refractivity contribution < 1.29 is 0 Å². The molecular weight excluding hydrogens is 224 g/mol. The Hall–Kier alpha value is -0.870. The van der Waals surface area contributed by atoms with Crippen molar-refractivity contribution in [3.63, 3.8) is 0 Å². The minimum atomic E-state index is -0.305. The molecular formula is C14H26N4. The maximum atomic E-state index is 6.18. The van der Waals surface area contributed by atoms with Crippen LogP contribution in [0.15, 0.2) is 12.5 Å². The van der Waals surface area contributed by atoms with Crippen molar-refractivity contribution in [1.82, 2.24) is 14.5 Å². The molecule has 4 heteroatoms. The van der Waals surface area contributed by atoms with Crippen molar-refractivity contribution in [1.29, 1.82) is 0 Å². The lowest BCUT2D eigenvalue weighted by molar-refractivity contribution is 0.179. The van der Waals surface area contributed by atoms with E-state index in [0.29, 0.717) is 0 Å². The molecule has 102 valence electrons. The Kier molecular flexibility index (Phi) is 4.07. The van der Waals surface area contributed by atoms with Gasteiger partial charge in [0.2, 0.25) is 0 Å². The molecule has 0 bridgehead atoms. The number of imidazole rings is 1. The summed E-state index contributed by atoms with van der Waals surface area (Å²) in [6.45, 7) is 11.0. The summed E-state index contributed by atoms with van der Waals surface area (Å²) in [6.07, 6.45) is 6.41. The highest BCUT2D eigenvalue weighted by Gasteiger charge is 2.23. The van der Waals surface area contributed by atoms with E-state index in [1.165, 1.54) is 32.5 Å². The van der Waals surface area contributed by atoms with Gasteiger partial charge in [-0.05, 0) is 52.2 Å². The van der Waals surface area contributed by atoms with Crippen LogP contribution in [0.3, 0.4) is 0 Å². The van der Waals surface area contributed by atoms with Gasteiger partial charge in [0, 0.05) is 12.7 Å². The zero-order valence-corrected chi connectivity index (χ0v) is 11.9. The van der Waals surface area contributed by atoms with E-state index in [0.717, 1.165) is 18.2 Å². The number of likely N-dealkylation sites (tertiary alicyclic amines) is 1. The van der Waals surface area contributed by atoms with E-state index in [-0.39, 0.29) is 5.54 Å². The second-order valence-corrected chi connectivity index (χ2v) is 6.03. The van der Waals surface area contributed by atoms with Crippen LogP contribution in [0.2, 0.25) is 0 Å². The van der Waals surface area contributed by atoms with Crippen LogP contribution in [0.1, 0.15) is 39.3 Å². The summed E-state index contributed by atoms with van der Waals surface area (Å²) >= 11 is 0. The van der Waals surface area contributed by atoms with Gasteiger partial charge in [-0.15, -0.1) is 0 Å². The Labute approximate surface area is 110 Å². The number of nitrogens with two attached hydrogens (primary N) is 1. The molecule has 2 N–H and O–H groups in total. The van der Waals surface area contributed by atoms with E-state index in [2.05, 4.69) is 21.4 Å². The van der Waals surface area contributed by atoms with Crippen LogP contribution in [0.4, 0.5) is 0 Å². The van der Waals surface area contributed by atoms with E-state index >= 15 is 0 Å². The average molecular weight is 250 g/mol. The van der Waals surface area contributed by atoms with E-state index in [1.807, 2.05) is 26.4 Å². The molecule has 1 aliphatic rings. The van der Waals surface area contributed by atoms with E-state index in [1.54, 1.807) is 0 Å². The van der Waals surface area contributed by atoms with Crippen molar-refractivity contribution >= 4 is 0 Å². The molecule has 2 heterocycles. The van der Waals surface area contributed by atoms with Gasteiger partial charge in [0.05, 0.1) is 17.6 Å². The molecule has 0 amide bonds. The SMILES string of the molecule is CCN1CCC(Cn2cncc2C(C)(C)N)CC1. The summed E-state index contributed by atoms with van der Waals surface area (Å²) in [5, 5.41) is 0. The highest BCUT2D eigenvalue weighted by atomic mass is 15.1. The number of nitrogens with zero attached hydrogens (tertiary/aromatic N) is 3. The molecule has 1 fully saturated rings. The van der Waals surface area contributed by atoms with Crippen molar-refractivity contribution in [2.45, 2.75) is 45.7 Å². The summed E-state index contributed by atoms with van der Waals surface area (Å²) in [4.78, 5) is 6.78. The molecule has 0 aromatic carbocycles. The third-order valence-electron chi connectivity index (χ3n) is 3.98. The number of aromatic nitrogens is 2. The van der Waals surface area contributed by atoms with Crippen LogP contribution in [0, 0.1) is 5.92 Å². The molecule has 18 heavy (non-hydrogen) atoms. The van der Waals surface area contributed by atoms with E-state index in [9.17, 15) is 0 Å². The van der Waals surface area contributed by atoms with Crippen LogP contribution < -0.4 is 5.73 Å². The Balaban J connectivity index is 1.97. The molecule has 1 saturated heterocycles. The van der Waals surface area contributed by atoms with Crippen molar-refractivity contribution in [2.75, 3.05) is 19.6 Å². The first-order valence-electron chi connectivity index (χ1n) is 7.02. The van der Waals surface area contributed by atoms with Gasteiger partial charge in [0.25, 0.3) is 0 Å². The number of hydrogen-bond donors (Lipinski definition) is 1. The summed E-state index contributed by atoms with van der Waals surface area (Å²) < 4.78 is 2.24. The highest BCUT2D eigenvalue weighted by molar-refractivity contribution is 5.10. The molecule has 0 saturated carbocycles. The monoisotopic (exact) mass is 250 g/mol. The average Bonchev–Trinajstić information content (AvgIpc) is 2.78. The molecule has 0 spiro atoms. The van der Waals surface area contributed by atoms with Crippen LogP contribution in [0.25, 0.3) is 0 Å². The summed E-state index contributed by atoms with van der Waals surface area (Å²) in [5.74, 6) is 0.767. The van der Waals surface area contributed by atoms with Crippen molar-refractivity contribution in [3.05, 3.63) is 18.2 Å². The maximum absolute atomic E-state index is 6.18. The highest BCUT2D eigenvalue weighted by Crippen LogP contribution is 2.22. The summed E-state index contributed by atoms with van der Waals surface area (Å²) in [7, 11) is 0. The molecule has 0 unspecified atom stereocenters. The normalized spacial score (nSPS) is 19.3. The van der Waals surface area contributed by atoms with Gasteiger partial charge in [0.15, 0.2) is 0 Å². The van der Waals surface area contributed by atoms with Crippen LogP contribution in [-0.4, -0.2) is 34.1 Å². The minimum absolute atomic E-state index is 0.305. The first kappa shape index (κ1) is 13.6. The molecule has 0 atom stereocenters. The van der Waals surface area contributed by atoms with Gasteiger partial charge in [-0.2, -0.15) is 0 Å². The fraction of sp³-hybridized carbons (Fsp3) is 0.786. The van der Waals surface area contributed by atoms with Gasteiger partial charge in [0.1, 0.15) is 0 Å². The topological polar surface area (TPSA) is 47.1 Å². The lowest BCUT2D eigenvalue weighted by atomic mass is 9.96. The minimum Gasteiger partial charge on any atom is -0.333 e. The van der Waals surface area contributed by atoms with Crippen molar-refractivity contribution in [3.8, 4) is 0 Å². The maximum Gasteiger partial charge on any atom is 0.0948 e. The first-order chi connectivity index (χ1) is 8.50. The standard InChI is InChI=1S/C14H26N4/c1-4-17-7-5-12(6-8-17)10-18-11-16-9-13(18)14(2,3)15/h9,11-12H,4-8,10,15H2,1-3H3. The molecule has 0 aliphatic carbocycles. The van der Waals surface area contributed by atoms with Crippen molar-refractivity contribution in [2.24, 2.45) is 11.7 Å². The third-order valence-corrected chi connectivity index (χ3v) is 3.98. The Morgan fingerprint density at radius 1 is 1.39 bits per heavy atom. The molecule has 0 radical (unpaired) electrons. The molecule has 1 aliphatic heterocycles. The van der Waals surface area contributed by atoms with Gasteiger partial charge < -0.3 is 15.2 Å². The Bertz CT molecular complexity index is 369. The van der Waals surface area contributed by atoms with Crippen LogP contribution in [-0.2, 0) is 12.1 Å². The Morgan fingerprint density at radius 3 is 2.61 bits per heavy atom. The zero-order valence-electron chi connectivity index (χ0n) is 11.9. The van der Waals surface area contributed by atoms with Crippen LogP contribution in [0.5, 0.6) is 0 Å². The second-order valence-electron chi connectivity index (χ2n) is 6.03. The quantitative estimate of drug-likeness (QED) is 0.886. The van der Waals surface area contributed by atoms with Gasteiger partial charge >= 0.3 is 0 Å². The third kappa shape index (κ3) is 3.12. The van der Waals surface area contributed by atoms with Gasteiger partial charge in [-0.3, -0.25) is 0 Å². The van der Waals surface area contributed by atoms with E-state index in [4.69, 9.17) is 5.73 Å². The molecule has 4 nitrogen and oxygen atoms in total. The lowest BCUT2D eigenvalue weighted by Crippen LogP contribution is -2.36. The van der Waals surface area contributed by atoms with Crippen LogP contribution >= 0.6 is 0 Å². The van der Waals surface area contributed by atoms with Gasteiger partial charge in [-0.25, -0.2) is 4.98 Å². The lowest BCUT2D eigenvalue weighted by Gasteiger charge is -2.32. The Morgan fingerprint density at radius 2 is 2.06 bits per heavy atom. The summed E-state index contributed by atoms with van der Waals surface area (Å²) in [6, 6.07) is 0. The van der Waals surface area contributed by atoms with Gasteiger partial charge in [-0.1, -0.05) is 6.92 Å². The molecule has 2 rings (SSSR count). The number of hydrogen-bond acceptors (Lipinski definition) is 3. The number of rotatable bonds is 4. The predicted octanol–water partition coefficient (Wildman–Crippen LogP) is 1.81. The largest absolute Gasteiger partial charge is 0.333 e. The number of piperidine rings is 1. The fourth-order valence-electron chi connectivity index (χ4n) is 2.77.